The number of nitrogens with two attached hydrogens (primary N) is 3. The van der Waals surface area contributed by atoms with Crippen LogP contribution in [0.15, 0.2) is 35.3 Å². The fourth-order valence-corrected chi connectivity index (χ4v) is 3.44. The molecular weight excluding hydrogens is 482 g/mol. The largest absolute Gasteiger partial charge is 0.480 e. The highest BCUT2D eigenvalue weighted by atomic mass is 16.4. The van der Waals surface area contributed by atoms with Crippen LogP contribution in [0.5, 0.6) is 0 Å². The van der Waals surface area contributed by atoms with Crippen molar-refractivity contribution in [2.45, 2.75) is 63.7 Å². The number of amides is 3. The van der Waals surface area contributed by atoms with E-state index in [1.807, 2.05) is 44.2 Å². The van der Waals surface area contributed by atoms with Crippen molar-refractivity contribution in [1.29, 1.82) is 0 Å². The highest BCUT2D eigenvalue weighted by molar-refractivity contribution is 5.94. The van der Waals surface area contributed by atoms with Crippen LogP contribution in [0.25, 0.3) is 0 Å². The lowest BCUT2D eigenvalue weighted by Gasteiger charge is -2.26. The monoisotopic (exact) mass is 521 g/mol. The molecule has 4 atom stereocenters. The molecule has 0 saturated heterocycles. The summed E-state index contributed by atoms with van der Waals surface area (Å²) in [4.78, 5) is 53.8. The zero-order valence-corrected chi connectivity index (χ0v) is 21.2. The number of aliphatic hydroxyl groups is 1. The topological polar surface area (TPSA) is 235 Å². The van der Waals surface area contributed by atoms with E-state index in [9.17, 15) is 24.3 Å². The molecular formula is C24H39N7O6. The Hall–Kier alpha value is -3.71. The molecule has 0 aromatic heterocycles. The Bertz CT molecular complexity index is 921. The van der Waals surface area contributed by atoms with Crippen LogP contribution >= 0.6 is 0 Å². The van der Waals surface area contributed by atoms with Gasteiger partial charge in [0, 0.05) is 6.54 Å². The van der Waals surface area contributed by atoms with Crippen LogP contribution in [0.1, 0.15) is 38.7 Å². The quantitative estimate of drug-likeness (QED) is 0.0694. The third kappa shape index (κ3) is 12.2. The van der Waals surface area contributed by atoms with Gasteiger partial charge in [0.05, 0.1) is 12.6 Å². The first-order valence-corrected chi connectivity index (χ1v) is 12.0. The van der Waals surface area contributed by atoms with E-state index in [4.69, 9.17) is 22.3 Å². The summed E-state index contributed by atoms with van der Waals surface area (Å²) >= 11 is 0. The Labute approximate surface area is 216 Å². The van der Waals surface area contributed by atoms with Gasteiger partial charge >= 0.3 is 5.97 Å². The highest BCUT2D eigenvalue weighted by Crippen LogP contribution is 2.09. The summed E-state index contributed by atoms with van der Waals surface area (Å²) in [7, 11) is 0. The Kier molecular flexibility index (Phi) is 13.6. The van der Waals surface area contributed by atoms with Crippen molar-refractivity contribution in [3.05, 3.63) is 35.9 Å². The van der Waals surface area contributed by atoms with E-state index in [-0.39, 0.29) is 44.1 Å². The van der Waals surface area contributed by atoms with Gasteiger partial charge in [0.15, 0.2) is 5.96 Å². The molecule has 13 nitrogen and oxygen atoms in total. The van der Waals surface area contributed by atoms with Crippen LogP contribution in [0.2, 0.25) is 0 Å². The fourth-order valence-electron chi connectivity index (χ4n) is 3.44. The maximum absolute atomic E-state index is 13.2. The molecule has 1 aromatic rings. The van der Waals surface area contributed by atoms with Crippen molar-refractivity contribution < 1.29 is 29.4 Å². The number of hydrogen-bond donors (Lipinski definition) is 8. The molecule has 37 heavy (non-hydrogen) atoms. The number of carbonyl (C=O) groups is 4. The zero-order chi connectivity index (χ0) is 28.0. The minimum atomic E-state index is -1.55. The van der Waals surface area contributed by atoms with Gasteiger partial charge in [-0.2, -0.15) is 0 Å². The third-order valence-electron chi connectivity index (χ3n) is 5.35. The number of benzene rings is 1. The number of nitrogens with one attached hydrogen (secondary N) is 3. The number of aliphatic carboxylic acids is 1. The van der Waals surface area contributed by atoms with Crippen molar-refractivity contribution in [2.75, 3.05) is 13.2 Å². The van der Waals surface area contributed by atoms with Crippen molar-refractivity contribution in [2.24, 2.45) is 28.1 Å². The normalized spacial score (nSPS) is 14.1. The predicted octanol–water partition coefficient (Wildman–Crippen LogP) is -1.81. The molecule has 0 bridgehead atoms. The predicted molar refractivity (Wildman–Crippen MR) is 138 cm³/mol. The summed E-state index contributed by atoms with van der Waals surface area (Å²) in [6, 6.07) is 4.59. The molecule has 0 spiro atoms. The molecule has 4 unspecified atom stereocenters. The smallest absolute Gasteiger partial charge is 0.328 e. The maximum atomic E-state index is 13.2. The Morgan fingerprint density at radius 2 is 1.49 bits per heavy atom. The first kappa shape index (κ1) is 31.3. The van der Waals surface area contributed by atoms with Crippen LogP contribution in [0, 0.1) is 5.92 Å². The molecule has 0 radical (unpaired) electrons. The van der Waals surface area contributed by atoms with Crippen LogP contribution in [-0.4, -0.2) is 77.2 Å². The lowest BCUT2D eigenvalue weighted by atomic mass is 10.0. The molecule has 206 valence electrons. The maximum Gasteiger partial charge on any atom is 0.328 e. The molecule has 1 rings (SSSR count). The number of carbonyl (C=O) groups excluding carboxylic acids is 3. The van der Waals surface area contributed by atoms with Gasteiger partial charge in [0.1, 0.15) is 18.1 Å². The molecule has 0 saturated carbocycles. The Morgan fingerprint density at radius 3 is 2.03 bits per heavy atom. The molecule has 3 amide bonds. The van der Waals surface area contributed by atoms with Crippen molar-refractivity contribution in [1.82, 2.24) is 16.0 Å². The van der Waals surface area contributed by atoms with Crippen molar-refractivity contribution in [3.8, 4) is 0 Å². The van der Waals surface area contributed by atoms with E-state index < -0.39 is 54.5 Å². The summed E-state index contributed by atoms with van der Waals surface area (Å²) in [5, 5.41) is 25.8. The van der Waals surface area contributed by atoms with E-state index in [1.54, 1.807) is 0 Å². The van der Waals surface area contributed by atoms with Crippen LogP contribution < -0.4 is 33.2 Å². The molecule has 0 heterocycles. The van der Waals surface area contributed by atoms with E-state index in [0.717, 1.165) is 5.56 Å². The molecule has 0 aliphatic rings. The van der Waals surface area contributed by atoms with Gasteiger partial charge < -0.3 is 43.4 Å². The number of guanidine groups is 1. The average molecular weight is 522 g/mol. The Morgan fingerprint density at radius 1 is 0.919 bits per heavy atom. The Balaban J connectivity index is 2.97. The number of rotatable bonds is 16. The number of aliphatic imine (C=N–C) groups is 1. The summed E-state index contributed by atoms with van der Waals surface area (Å²) in [5.41, 5.74) is 17.5. The van der Waals surface area contributed by atoms with Crippen molar-refractivity contribution >= 4 is 29.7 Å². The SMILES string of the molecule is CC(C)CC(NC(=O)C(N)Cc1ccccc1)C(=O)NC(CCCN=C(N)N)C(=O)NC(CO)C(=O)O. The van der Waals surface area contributed by atoms with Crippen molar-refractivity contribution in [3.63, 3.8) is 0 Å². The number of nitrogens with zero attached hydrogens (tertiary/aromatic N) is 1. The number of aliphatic hydroxyl groups excluding tert-OH is 1. The molecule has 0 aliphatic heterocycles. The first-order valence-electron chi connectivity index (χ1n) is 12.0. The molecule has 0 fully saturated rings. The van der Waals surface area contributed by atoms with Gasteiger partial charge in [0.2, 0.25) is 17.7 Å². The lowest BCUT2D eigenvalue weighted by Crippen LogP contribution is -2.57. The number of hydrogen-bond acceptors (Lipinski definition) is 7. The first-order chi connectivity index (χ1) is 17.4. The number of carboxylic acids is 1. The van der Waals surface area contributed by atoms with Gasteiger partial charge in [-0.3, -0.25) is 19.4 Å². The second kappa shape index (κ2) is 16.1. The highest BCUT2D eigenvalue weighted by Gasteiger charge is 2.30. The molecule has 0 aliphatic carbocycles. The van der Waals surface area contributed by atoms with E-state index in [0.29, 0.717) is 0 Å². The van der Waals surface area contributed by atoms with Crippen LogP contribution in [0.4, 0.5) is 0 Å². The van der Waals surface area contributed by atoms with Crippen LogP contribution in [-0.2, 0) is 25.6 Å². The third-order valence-corrected chi connectivity index (χ3v) is 5.35. The lowest BCUT2D eigenvalue weighted by molar-refractivity contribution is -0.143. The van der Waals surface area contributed by atoms with Gasteiger partial charge in [-0.15, -0.1) is 0 Å². The van der Waals surface area contributed by atoms with E-state index in [2.05, 4.69) is 20.9 Å². The number of carboxylic acid groups (broad SMARTS) is 1. The average Bonchev–Trinajstić information content (AvgIpc) is 2.83. The van der Waals surface area contributed by atoms with Gasteiger partial charge in [-0.1, -0.05) is 44.2 Å². The standard InChI is InChI=1S/C24H39N7O6/c1-14(2)11-18(30-20(33)16(25)12-15-7-4-3-5-8-15)22(35)29-17(9-6-10-28-24(26)27)21(34)31-19(13-32)23(36)37/h3-5,7-8,14,16-19,32H,6,9-13,25H2,1-2H3,(H,29,35)(H,30,33)(H,31,34)(H,36,37)(H4,26,27,28). The zero-order valence-electron chi connectivity index (χ0n) is 21.2. The van der Waals surface area contributed by atoms with Gasteiger partial charge in [0.25, 0.3) is 0 Å². The summed E-state index contributed by atoms with van der Waals surface area (Å²) in [6.45, 7) is 3.08. The molecule has 11 N–H and O–H groups in total. The molecule has 1 aromatic carbocycles. The molecule has 13 heteroatoms. The van der Waals surface area contributed by atoms with E-state index in [1.165, 1.54) is 0 Å². The fraction of sp³-hybridized carbons (Fsp3) is 0.542. The van der Waals surface area contributed by atoms with E-state index >= 15 is 0 Å². The minimum Gasteiger partial charge on any atom is -0.480 e. The summed E-state index contributed by atoms with van der Waals surface area (Å²) in [6.07, 6.45) is 0.904. The summed E-state index contributed by atoms with van der Waals surface area (Å²) < 4.78 is 0. The van der Waals surface area contributed by atoms with Gasteiger partial charge in [-0.25, -0.2) is 4.79 Å². The second-order valence-electron chi connectivity index (χ2n) is 9.08. The van der Waals surface area contributed by atoms with Crippen LogP contribution in [0.3, 0.4) is 0 Å². The summed E-state index contributed by atoms with van der Waals surface area (Å²) in [5.74, 6) is -3.52. The second-order valence-corrected chi connectivity index (χ2v) is 9.08. The minimum absolute atomic E-state index is 0.0151. The van der Waals surface area contributed by atoms with Gasteiger partial charge in [-0.05, 0) is 37.2 Å².